The predicted molar refractivity (Wildman–Crippen MR) is 50.3 cm³/mol. The summed E-state index contributed by atoms with van der Waals surface area (Å²) in [5, 5.41) is 0. The topological polar surface area (TPSA) is 30.2 Å². The fourth-order valence-corrected chi connectivity index (χ4v) is 1.24. The second-order valence-electron chi connectivity index (χ2n) is 3.00. The molecule has 0 atom stereocenters. The Morgan fingerprint density at radius 1 is 0.933 bits per heavy atom. The molecule has 0 aliphatic heterocycles. The second-order valence-corrected chi connectivity index (χ2v) is 3.00. The summed E-state index contributed by atoms with van der Waals surface area (Å²) < 4.78 is 30.3. The highest BCUT2D eigenvalue weighted by atomic mass is 19.1. The maximum atomic E-state index is 12.9. The SMILES string of the molecule is O=c1ccc(-c2cc(F)cc(F)c2)co1. The zero-order valence-corrected chi connectivity index (χ0v) is 7.54. The van der Waals surface area contributed by atoms with Gasteiger partial charge in [-0.15, -0.1) is 0 Å². The van der Waals surface area contributed by atoms with Crippen LogP contribution in [0.3, 0.4) is 0 Å². The van der Waals surface area contributed by atoms with Crippen molar-refractivity contribution in [2.45, 2.75) is 0 Å². The average molecular weight is 208 g/mol. The Balaban J connectivity index is 2.53. The van der Waals surface area contributed by atoms with Gasteiger partial charge >= 0.3 is 5.63 Å². The first-order chi connectivity index (χ1) is 7.15. The monoisotopic (exact) mass is 208 g/mol. The lowest BCUT2D eigenvalue weighted by Gasteiger charge is -2.00. The van der Waals surface area contributed by atoms with E-state index in [2.05, 4.69) is 4.42 Å². The van der Waals surface area contributed by atoms with Crippen LogP contribution in [0.4, 0.5) is 8.78 Å². The van der Waals surface area contributed by atoms with E-state index in [-0.39, 0.29) is 0 Å². The van der Waals surface area contributed by atoms with Crippen molar-refractivity contribution in [2.24, 2.45) is 0 Å². The lowest BCUT2D eigenvalue weighted by molar-refractivity contribution is 0.512. The molecule has 2 nitrogen and oxygen atoms in total. The minimum atomic E-state index is -0.670. The van der Waals surface area contributed by atoms with Crippen LogP contribution >= 0.6 is 0 Å². The second kappa shape index (κ2) is 3.65. The number of benzene rings is 1. The molecular weight excluding hydrogens is 202 g/mol. The number of rotatable bonds is 1. The molecule has 0 N–H and O–H groups in total. The summed E-state index contributed by atoms with van der Waals surface area (Å²) in [7, 11) is 0. The Kier molecular flexibility index (Phi) is 2.33. The average Bonchev–Trinajstić information content (AvgIpc) is 2.17. The number of hydrogen-bond donors (Lipinski definition) is 0. The Morgan fingerprint density at radius 3 is 2.13 bits per heavy atom. The molecule has 15 heavy (non-hydrogen) atoms. The third kappa shape index (κ3) is 2.10. The van der Waals surface area contributed by atoms with Gasteiger partial charge < -0.3 is 4.42 Å². The van der Waals surface area contributed by atoms with Gasteiger partial charge in [0, 0.05) is 17.7 Å². The van der Waals surface area contributed by atoms with Gasteiger partial charge in [0.05, 0.1) is 0 Å². The molecule has 0 bridgehead atoms. The fourth-order valence-electron chi connectivity index (χ4n) is 1.24. The first-order valence-electron chi connectivity index (χ1n) is 4.20. The van der Waals surface area contributed by atoms with Crippen molar-refractivity contribution in [2.75, 3.05) is 0 Å². The van der Waals surface area contributed by atoms with E-state index in [1.807, 2.05) is 0 Å². The minimum Gasteiger partial charge on any atom is -0.431 e. The lowest BCUT2D eigenvalue weighted by Crippen LogP contribution is -1.94. The van der Waals surface area contributed by atoms with Gasteiger partial charge in [-0.1, -0.05) is 0 Å². The Bertz CT molecular complexity index is 506. The van der Waals surface area contributed by atoms with Crippen molar-refractivity contribution in [1.29, 1.82) is 0 Å². The van der Waals surface area contributed by atoms with Crippen molar-refractivity contribution >= 4 is 0 Å². The molecule has 1 aromatic heterocycles. The maximum Gasteiger partial charge on any atom is 0.335 e. The molecule has 0 spiro atoms. The molecule has 76 valence electrons. The van der Waals surface area contributed by atoms with Gasteiger partial charge in [0.25, 0.3) is 0 Å². The highest BCUT2D eigenvalue weighted by Crippen LogP contribution is 2.20. The van der Waals surface area contributed by atoms with E-state index >= 15 is 0 Å². The molecule has 2 rings (SSSR count). The van der Waals surface area contributed by atoms with Gasteiger partial charge in [0.15, 0.2) is 0 Å². The zero-order valence-electron chi connectivity index (χ0n) is 7.54. The summed E-state index contributed by atoms with van der Waals surface area (Å²) >= 11 is 0. The van der Waals surface area contributed by atoms with Gasteiger partial charge in [0.2, 0.25) is 0 Å². The molecule has 1 aromatic carbocycles. The number of hydrogen-bond acceptors (Lipinski definition) is 2. The molecular formula is C11H6F2O2. The van der Waals surface area contributed by atoms with Crippen LogP contribution < -0.4 is 5.63 Å². The Morgan fingerprint density at radius 2 is 1.60 bits per heavy atom. The molecule has 0 aliphatic carbocycles. The maximum absolute atomic E-state index is 12.9. The van der Waals surface area contributed by atoms with E-state index in [4.69, 9.17) is 0 Å². The van der Waals surface area contributed by atoms with E-state index in [9.17, 15) is 13.6 Å². The largest absolute Gasteiger partial charge is 0.431 e. The fraction of sp³-hybridized carbons (Fsp3) is 0. The van der Waals surface area contributed by atoms with Gasteiger partial charge in [0.1, 0.15) is 17.9 Å². The van der Waals surface area contributed by atoms with E-state index in [0.717, 1.165) is 12.3 Å². The Hall–Kier alpha value is -1.97. The third-order valence-electron chi connectivity index (χ3n) is 1.90. The molecule has 2 aromatic rings. The summed E-state index contributed by atoms with van der Waals surface area (Å²) in [5.74, 6) is -1.34. The van der Waals surface area contributed by atoms with E-state index in [1.54, 1.807) is 0 Å². The van der Waals surface area contributed by atoms with Gasteiger partial charge in [-0.25, -0.2) is 13.6 Å². The van der Waals surface area contributed by atoms with E-state index < -0.39 is 17.3 Å². The van der Waals surface area contributed by atoms with Crippen LogP contribution in [0.2, 0.25) is 0 Å². The highest BCUT2D eigenvalue weighted by Gasteiger charge is 2.03. The van der Waals surface area contributed by atoms with Crippen LogP contribution in [0.5, 0.6) is 0 Å². The van der Waals surface area contributed by atoms with E-state index in [1.165, 1.54) is 24.3 Å². The highest BCUT2D eigenvalue weighted by molar-refractivity contribution is 5.61. The van der Waals surface area contributed by atoms with Gasteiger partial charge in [-0.05, 0) is 23.8 Å². The summed E-state index contributed by atoms with van der Waals surface area (Å²) in [6.07, 6.45) is 1.16. The molecule has 0 saturated carbocycles. The molecule has 4 heteroatoms. The molecule has 0 saturated heterocycles. The lowest BCUT2D eigenvalue weighted by atomic mass is 10.1. The van der Waals surface area contributed by atoms with Crippen LogP contribution in [-0.2, 0) is 0 Å². The molecule has 0 aliphatic rings. The zero-order chi connectivity index (χ0) is 10.8. The third-order valence-corrected chi connectivity index (χ3v) is 1.90. The van der Waals surface area contributed by atoms with Crippen molar-refractivity contribution in [3.05, 3.63) is 58.6 Å². The molecule has 0 fully saturated rings. The van der Waals surface area contributed by atoms with Crippen molar-refractivity contribution in [3.63, 3.8) is 0 Å². The molecule has 1 heterocycles. The van der Waals surface area contributed by atoms with E-state index in [0.29, 0.717) is 11.1 Å². The van der Waals surface area contributed by atoms with Crippen LogP contribution in [0.1, 0.15) is 0 Å². The Labute approximate surface area is 83.8 Å². The smallest absolute Gasteiger partial charge is 0.335 e. The quantitative estimate of drug-likeness (QED) is 0.721. The van der Waals surface area contributed by atoms with Crippen LogP contribution in [0.15, 0.2) is 45.8 Å². The molecule has 0 unspecified atom stereocenters. The van der Waals surface area contributed by atoms with Crippen molar-refractivity contribution < 1.29 is 13.2 Å². The standard InChI is InChI=1S/C11H6F2O2/c12-9-3-8(4-10(13)5-9)7-1-2-11(14)15-6-7/h1-6H. The summed E-state index contributed by atoms with van der Waals surface area (Å²) in [4.78, 5) is 10.7. The summed E-state index contributed by atoms with van der Waals surface area (Å²) in [6, 6.07) is 5.75. The number of halogens is 2. The predicted octanol–water partition coefficient (Wildman–Crippen LogP) is 2.59. The first kappa shape index (κ1) is 9.58. The first-order valence-corrected chi connectivity index (χ1v) is 4.20. The van der Waals surface area contributed by atoms with Crippen LogP contribution in [0.25, 0.3) is 11.1 Å². The molecule has 0 radical (unpaired) electrons. The van der Waals surface area contributed by atoms with Gasteiger partial charge in [-0.2, -0.15) is 0 Å². The minimum absolute atomic E-state index is 0.330. The van der Waals surface area contributed by atoms with Crippen LogP contribution in [-0.4, -0.2) is 0 Å². The normalized spacial score (nSPS) is 10.3. The van der Waals surface area contributed by atoms with Gasteiger partial charge in [-0.3, -0.25) is 0 Å². The van der Waals surface area contributed by atoms with Crippen molar-refractivity contribution in [1.82, 2.24) is 0 Å². The molecule has 0 amide bonds. The van der Waals surface area contributed by atoms with Crippen molar-refractivity contribution in [3.8, 4) is 11.1 Å². The summed E-state index contributed by atoms with van der Waals surface area (Å²) in [6.45, 7) is 0. The summed E-state index contributed by atoms with van der Waals surface area (Å²) in [5.41, 5.74) is 0.278. The van der Waals surface area contributed by atoms with Crippen LogP contribution in [0, 0.1) is 11.6 Å².